The first-order valence-electron chi connectivity index (χ1n) is 8.50. The maximum absolute atomic E-state index is 15.0. The van der Waals surface area contributed by atoms with Gasteiger partial charge in [0.05, 0.1) is 11.2 Å². The first-order valence-corrected chi connectivity index (χ1v) is 8.50. The molecule has 0 amide bonds. The number of aromatic nitrogens is 1. The molecule has 0 saturated carbocycles. The van der Waals surface area contributed by atoms with Crippen molar-refractivity contribution in [2.75, 3.05) is 24.5 Å². The number of carbonyl (C=O) groups is 1. The van der Waals surface area contributed by atoms with Crippen LogP contribution in [0.15, 0.2) is 17.1 Å². The molecule has 3 heterocycles. The van der Waals surface area contributed by atoms with E-state index in [1.165, 1.54) is 12.3 Å². The minimum absolute atomic E-state index is 0. The minimum atomic E-state index is -1.28. The molecule has 2 aliphatic rings. The van der Waals surface area contributed by atoms with Crippen molar-refractivity contribution in [3.63, 3.8) is 0 Å². The molecule has 0 aliphatic carbocycles. The summed E-state index contributed by atoms with van der Waals surface area (Å²) < 4.78 is 16.8. The average molecular weight is 382 g/mol. The molecule has 0 bridgehead atoms. The van der Waals surface area contributed by atoms with Crippen LogP contribution in [0.5, 0.6) is 0 Å². The van der Waals surface area contributed by atoms with Gasteiger partial charge in [-0.15, -0.1) is 12.4 Å². The molecule has 2 N–H and O–H groups in total. The van der Waals surface area contributed by atoms with Gasteiger partial charge in [-0.05, 0) is 26.3 Å². The molecule has 140 valence electrons. The van der Waals surface area contributed by atoms with E-state index in [4.69, 9.17) is 0 Å². The molecule has 1 aromatic carbocycles. The number of aromatic carboxylic acids is 1. The van der Waals surface area contributed by atoms with Gasteiger partial charge in [-0.2, -0.15) is 0 Å². The fourth-order valence-electron chi connectivity index (χ4n) is 4.12. The Hall–Kier alpha value is -2.12. The van der Waals surface area contributed by atoms with E-state index in [-0.39, 0.29) is 35.4 Å². The predicted molar refractivity (Wildman–Crippen MR) is 100 cm³/mol. The number of piperazine rings is 1. The van der Waals surface area contributed by atoms with Crippen LogP contribution in [0.1, 0.15) is 35.8 Å². The number of nitrogens with one attached hydrogen (secondary N) is 1. The van der Waals surface area contributed by atoms with E-state index in [1.807, 2.05) is 16.4 Å². The van der Waals surface area contributed by atoms with Crippen molar-refractivity contribution >= 4 is 35.0 Å². The van der Waals surface area contributed by atoms with E-state index in [0.717, 1.165) is 12.1 Å². The zero-order valence-corrected chi connectivity index (χ0v) is 15.4. The molecule has 2 aromatic rings. The molecule has 2 atom stereocenters. The number of hydrogen-bond acceptors (Lipinski definition) is 4. The molecule has 1 fully saturated rings. The number of hydrogen-bond donors (Lipinski definition) is 2. The van der Waals surface area contributed by atoms with Crippen LogP contribution in [0.2, 0.25) is 0 Å². The average Bonchev–Trinajstić information content (AvgIpc) is 2.87. The van der Waals surface area contributed by atoms with Gasteiger partial charge in [0.1, 0.15) is 11.4 Å². The predicted octanol–water partition coefficient (Wildman–Crippen LogP) is 2.18. The number of nitrogens with zero attached hydrogens (tertiary/aromatic N) is 2. The Bertz CT molecular complexity index is 959. The zero-order valence-electron chi connectivity index (χ0n) is 14.6. The minimum Gasteiger partial charge on any atom is -0.477 e. The number of halogens is 2. The van der Waals surface area contributed by atoms with Crippen molar-refractivity contribution in [2.24, 2.45) is 0 Å². The highest BCUT2D eigenvalue weighted by Crippen LogP contribution is 2.39. The van der Waals surface area contributed by atoms with Crippen LogP contribution in [0.3, 0.4) is 0 Å². The van der Waals surface area contributed by atoms with Crippen molar-refractivity contribution in [3.8, 4) is 0 Å². The fourth-order valence-corrected chi connectivity index (χ4v) is 4.12. The molecular formula is C18H21ClFN3O3. The van der Waals surface area contributed by atoms with Gasteiger partial charge in [-0.3, -0.25) is 4.79 Å². The van der Waals surface area contributed by atoms with Crippen molar-refractivity contribution in [3.05, 3.63) is 39.4 Å². The maximum atomic E-state index is 15.0. The Kier molecular flexibility index (Phi) is 4.71. The summed E-state index contributed by atoms with van der Waals surface area (Å²) in [6.07, 6.45) is 1.99. The summed E-state index contributed by atoms with van der Waals surface area (Å²) in [5.41, 5.74) is 1.11. The van der Waals surface area contributed by atoms with Crippen molar-refractivity contribution in [1.82, 2.24) is 9.88 Å². The lowest BCUT2D eigenvalue weighted by molar-refractivity contribution is 0.0694. The lowest BCUT2D eigenvalue weighted by atomic mass is 10.0. The van der Waals surface area contributed by atoms with Crippen LogP contribution in [-0.4, -0.2) is 41.3 Å². The van der Waals surface area contributed by atoms with E-state index < -0.39 is 17.2 Å². The van der Waals surface area contributed by atoms with E-state index >= 15 is 0 Å². The Morgan fingerprint density at radius 1 is 1.38 bits per heavy atom. The highest BCUT2D eigenvalue weighted by Gasteiger charge is 2.31. The quantitative estimate of drug-likeness (QED) is 0.834. The molecule has 1 aromatic heterocycles. The summed E-state index contributed by atoms with van der Waals surface area (Å²) in [4.78, 5) is 25.9. The van der Waals surface area contributed by atoms with E-state index in [0.29, 0.717) is 30.7 Å². The molecular weight excluding hydrogens is 361 g/mol. The number of carboxylic acid groups (broad SMARTS) is 1. The second kappa shape index (κ2) is 6.55. The second-order valence-corrected chi connectivity index (χ2v) is 7.02. The van der Waals surface area contributed by atoms with Gasteiger partial charge in [0.15, 0.2) is 0 Å². The van der Waals surface area contributed by atoms with E-state index in [2.05, 4.69) is 12.2 Å². The van der Waals surface area contributed by atoms with Crippen molar-refractivity contribution in [2.45, 2.75) is 32.4 Å². The molecule has 2 unspecified atom stereocenters. The largest absolute Gasteiger partial charge is 0.477 e. The number of rotatable bonds is 2. The first kappa shape index (κ1) is 18.7. The number of pyridine rings is 1. The van der Waals surface area contributed by atoms with Crippen molar-refractivity contribution in [1.29, 1.82) is 0 Å². The normalized spacial score (nSPS) is 21.7. The van der Waals surface area contributed by atoms with E-state index in [1.54, 1.807) is 0 Å². The standard InChI is InChI=1S/C18H20FN3O3.ClH/c1-9-7-21(4-3-20-9)16-11-5-10(2)22-8-13(18(24)25)17(23)12(15(11)22)6-14(16)19;/h6,8-10,20H,3-5,7H2,1-2H3,(H,24,25);1H. The summed E-state index contributed by atoms with van der Waals surface area (Å²) in [5.74, 6) is -1.73. The number of benzene rings is 1. The molecule has 8 heteroatoms. The van der Waals surface area contributed by atoms with E-state index in [9.17, 15) is 19.1 Å². The summed E-state index contributed by atoms with van der Waals surface area (Å²) in [6, 6.07) is 1.45. The third-order valence-corrected chi connectivity index (χ3v) is 5.23. The molecule has 0 radical (unpaired) electrons. The van der Waals surface area contributed by atoms with Gasteiger partial charge < -0.3 is 19.9 Å². The van der Waals surface area contributed by atoms with Gasteiger partial charge >= 0.3 is 5.97 Å². The molecule has 26 heavy (non-hydrogen) atoms. The van der Waals surface area contributed by atoms with Gasteiger partial charge in [-0.1, -0.05) is 0 Å². The highest BCUT2D eigenvalue weighted by molar-refractivity contribution is 5.96. The number of carboxylic acids is 1. The summed E-state index contributed by atoms with van der Waals surface area (Å²) >= 11 is 0. The first-order chi connectivity index (χ1) is 11.9. The smallest absolute Gasteiger partial charge is 0.341 e. The zero-order chi connectivity index (χ0) is 17.9. The number of anilines is 1. The Morgan fingerprint density at radius 2 is 2.12 bits per heavy atom. The van der Waals surface area contributed by atoms with Crippen molar-refractivity contribution < 1.29 is 14.3 Å². The van der Waals surface area contributed by atoms with Gasteiger partial charge in [0.25, 0.3) is 0 Å². The summed E-state index contributed by atoms with van der Waals surface area (Å²) in [7, 11) is 0. The second-order valence-electron chi connectivity index (χ2n) is 7.02. The third kappa shape index (κ3) is 2.66. The SMILES string of the molecule is CC1CN(c2c(F)cc3c(=O)c(C(=O)O)cn4c3c2CC4C)CCN1.Cl. The monoisotopic (exact) mass is 381 g/mol. The van der Waals surface area contributed by atoms with Crippen LogP contribution in [0, 0.1) is 5.82 Å². The summed E-state index contributed by atoms with van der Waals surface area (Å²) in [6.45, 7) is 6.19. The molecule has 2 aliphatic heterocycles. The maximum Gasteiger partial charge on any atom is 0.341 e. The summed E-state index contributed by atoms with van der Waals surface area (Å²) in [5, 5.41) is 12.8. The topological polar surface area (TPSA) is 74.6 Å². The van der Waals surface area contributed by atoms with Crippen LogP contribution >= 0.6 is 12.4 Å². The van der Waals surface area contributed by atoms with Crippen LogP contribution in [0.4, 0.5) is 10.1 Å². The van der Waals surface area contributed by atoms with Crippen LogP contribution in [-0.2, 0) is 6.42 Å². The molecule has 0 spiro atoms. The Labute approximate surface area is 156 Å². The molecule has 4 rings (SSSR count). The lowest BCUT2D eigenvalue weighted by Crippen LogP contribution is -2.49. The van der Waals surface area contributed by atoms with Gasteiger partial charge in [0, 0.05) is 48.9 Å². The third-order valence-electron chi connectivity index (χ3n) is 5.23. The van der Waals surface area contributed by atoms with Crippen LogP contribution < -0.4 is 15.6 Å². The van der Waals surface area contributed by atoms with Crippen LogP contribution in [0.25, 0.3) is 10.9 Å². The Morgan fingerprint density at radius 3 is 2.77 bits per heavy atom. The van der Waals surface area contributed by atoms with Gasteiger partial charge in [0.2, 0.25) is 5.43 Å². The molecule has 1 saturated heterocycles. The Balaban J connectivity index is 0.00000196. The lowest BCUT2D eigenvalue weighted by Gasteiger charge is -2.35. The fraction of sp³-hybridized carbons (Fsp3) is 0.444. The van der Waals surface area contributed by atoms with Gasteiger partial charge in [-0.25, -0.2) is 9.18 Å². The highest BCUT2D eigenvalue weighted by atomic mass is 35.5. The molecule has 6 nitrogen and oxygen atoms in total.